The molecule has 0 spiro atoms. The Morgan fingerprint density at radius 3 is 2.22 bits per heavy atom. The molecule has 77 heavy (non-hydrogen) atoms. The van der Waals surface area contributed by atoms with Crippen molar-refractivity contribution >= 4 is 52.4 Å². The molecular weight excluding hydrogens is 985 g/mol. The lowest BCUT2D eigenvalue weighted by atomic mass is 9.86. The van der Waals surface area contributed by atoms with Gasteiger partial charge >= 0.3 is 18.1 Å². The lowest BCUT2D eigenvalue weighted by molar-refractivity contribution is -0.172. The molecular formula is C58H62N8O11. The third kappa shape index (κ3) is 10.4. The van der Waals surface area contributed by atoms with E-state index in [-0.39, 0.29) is 74.1 Å². The third-order valence-electron chi connectivity index (χ3n) is 14.7. The van der Waals surface area contributed by atoms with Gasteiger partial charge in [-0.2, -0.15) is 0 Å². The summed E-state index contributed by atoms with van der Waals surface area (Å²) in [5.74, 6) is -2.58. The molecule has 0 radical (unpaired) electrons. The molecule has 1 unspecified atom stereocenters. The second kappa shape index (κ2) is 21.9. The van der Waals surface area contributed by atoms with Gasteiger partial charge in [0.25, 0.3) is 11.5 Å². The van der Waals surface area contributed by atoms with E-state index < -0.39 is 59.6 Å². The van der Waals surface area contributed by atoms with Crippen LogP contribution in [0.4, 0.5) is 15.3 Å². The van der Waals surface area contributed by atoms with Crippen molar-refractivity contribution < 1.29 is 48.1 Å². The van der Waals surface area contributed by atoms with Crippen LogP contribution in [0, 0.1) is 5.92 Å². The van der Waals surface area contributed by atoms with E-state index in [1.54, 1.807) is 81.9 Å². The van der Waals surface area contributed by atoms with Crippen molar-refractivity contribution in [3.05, 3.63) is 146 Å². The highest BCUT2D eigenvalue weighted by atomic mass is 16.6. The van der Waals surface area contributed by atoms with E-state index in [2.05, 4.69) is 21.3 Å². The summed E-state index contributed by atoms with van der Waals surface area (Å²) in [7, 11) is 3.23. The number of aryl methyl sites for hydroxylation is 1. The van der Waals surface area contributed by atoms with E-state index in [1.165, 1.54) is 4.90 Å². The fourth-order valence-corrected chi connectivity index (χ4v) is 10.6. The van der Waals surface area contributed by atoms with E-state index in [4.69, 9.17) is 24.9 Å². The van der Waals surface area contributed by atoms with Crippen LogP contribution in [-0.2, 0) is 53.8 Å². The SMILES string of the molecule is CCc1c2c(nc3ccc(OC(C(=O)N(C)C)c4ccc(NC(=O)[C@H](CCCNC(N)=O)NC(=O)[C@@H](NC(=O)OCC5c6ccccc6-c6ccccc65)C(C)C)cc4)cc13)-c1cc3c(c(=O)n1C2)COC(=O)[C@]3(O)CC. The van der Waals surface area contributed by atoms with Gasteiger partial charge in [0, 0.05) is 54.3 Å². The van der Waals surface area contributed by atoms with Crippen LogP contribution in [0.5, 0.6) is 5.75 Å². The summed E-state index contributed by atoms with van der Waals surface area (Å²) in [5, 5.41) is 23.0. The lowest BCUT2D eigenvalue weighted by Crippen LogP contribution is -2.54. The number of anilines is 1. The normalized spacial score (nSPS) is 16.1. The number of nitrogens with two attached hydrogens (primary N) is 1. The number of likely N-dealkylation sites (N-methyl/N-ethyl adjacent to an activating group) is 1. The van der Waals surface area contributed by atoms with Crippen molar-refractivity contribution in [3.8, 4) is 28.3 Å². The van der Waals surface area contributed by atoms with Crippen LogP contribution < -0.4 is 37.3 Å². The number of urea groups is 1. The standard InChI is InChI=1S/C58H62N8O11/c1-7-35-40-26-34(23-24-45(40)62-49-41(35)28-66-47(49)27-44-43(53(66)69)30-75-55(71)58(44,74)8-2)77-50(54(70)65(5)6)32-19-21-33(22-20-32)61-51(67)46(18-13-25-60-56(59)72)63-52(68)48(31(3)4)64-57(73)76-29-42-38-16-11-9-14-36(38)37-15-10-12-17-39(37)42/h9-12,14-17,19-24,26-27,31,42,46,48,50,74H,7-8,13,18,25,28-30H2,1-6H3,(H,61,67)(H,63,68)(H,64,73)(H3,59,60,72)/t46-,48-,50?,58-/m0/s1. The van der Waals surface area contributed by atoms with Crippen LogP contribution >= 0.6 is 0 Å². The van der Waals surface area contributed by atoms with Crippen molar-refractivity contribution in [3.63, 3.8) is 0 Å². The molecule has 0 fully saturated rings. The predicted molar refractivity (Wildman–Crippen MR) is 287 cm³/mol. The second-order valence-electron chi connectivity index (χ2n) is 20.1. The van der Waals surface area contributed by atoms with Crippen LogP contribution in [0.2, 0.25) is 0 Å². The van der Waals surface area contributed by atoms with Crippen molar-refractivity contribution in [2.24, 2.45) is 11.7 Å². The minimum atomic E-state index is -1.96. The summed E-state index contributed by atoms with van der Waals surface area (Å²) in [5.41, 5.74) is 11.9. The summed E-state index contributed by atoms with van der Waals surface area (Å²) < 4.78 is 19.1. The Balaban J connectivity index is 0.898. The maximum atomic E-state index is 14.0. The molecule has 4 aromatic carbocycles. The Morgan fingerprint density at radius 1 is 0.896 bits per heavy atom. The summed E-state index contributed by atoms with van der Waals surface area (Å²) in [6.07, 6.45) is -0.968. The van der Waals surface area contributed by atoms with Gasteiger partial charge < -0.3 is 55.8 Å². The van der Waals surface area contributed by atoms with Gasteiger partial charge in [0.2, 0.25) is 17.9 Å². The Labute approximate surface area is 444 Å². The number of esters is 1. The second-order valence-corrected chi connectivity index (χ2v) is 20.1. The number of carbonyl (C=O) groups is 6. The third-order valence-corrected chi connectivity index (χ3v) is 14.7. The zero-order chi connectivity index (χ0) is 54.9. The quantitative estimate of drug-likeness (QED) is 0.0410. The van der Waals surface area contributed by atoms with Crippen LogP contribution in [0.1, 0.15) is 97.9 Å². The summed E-state index contributed by atoms with van der Waals surface area (Å²) in [4.78, 5) is 99.7. The molecule has 6 aromatic rings. The first-order chi connectivity index (χ1) is 36.9. The van der Waals surface area contributed by atoms with Crippen molar-refractivity contribution in [2.75, 3.05) is 32.6 Å². The van der Waals surface area contributed by atoms with E-state index >= 15 is 0 Å². The highest BCUT2D eigenvalue weighted by Crippen LogP contribution is 2.45. The molecule has 3 aliphatic rings. The number of aromatic nitrogens is 2. The van der Waals surface area contributed by atoms with Crippen LogP contribution in [0.15, 0.2) is 102 Å². The monoisotopic (exact) mass is 1050 g/mol. The molecule has 1 aliphatic carbocycles. The van der Waals surface area contributed by atoms with Gasteiger partial charge in [0.15, 0.2) is 5.60 Å². The summed E-state index contributed by atoms with van der Waals surface area (Å²) in [6, 6.07) is 26.5. The first-order valence-electron chi connectivity index (χ1n) is 25.8. The zero-order valence-corrected chi connectivity index (χ0v) is 43.7. The Hall–Kier alpha value is -8.58. The number of hydrogen-bond acceptors (Lipinski definition) is 12. The zero-order valence-electron chi connectivity index (χ0n) is 43.7. The smallest absolute Gasteiger partial charge is 0.407 e. The minimum Gasteiger partial charge on any atom is -0.476 e. The van der Waals surface area contributed by atoms with Crippen molar-refractivity contribution in [1.29, 1.82) is 0 Å². The number of fused-ring (bicyclic) bond motifs is 8. The highest BCUT2D eigenvalue weighted by Gasteiger charge is 2.46. The lowest BCUT2D eigenvalue weighted by Gasteiger charge is -2.31. The van der Waals surface area contributed by atoms with Gasteiger partial charge in [-0.05, 0) is 95.8 Å². The summed E-state index contributed by atoms with van der Waals surface area (Å²) in [6.45, 7) is 7.33. The molecule has 4 atom stereocenters. The van der Waals surface area contributed by atoms with E-state index in [9.17, 15) is 38.7 Å². The van der Waals surface area contributed by atoms with Crippen LogP contribution in [-0.4, -0.2) is 94.7 Å². The first-order valence-corrected chi connectivity index (χ1v) is 25.8. The number of nitrogens with one attached hydrogen (secondary N) is 4. The van der Waals surface area contributed by atoms with Crippen LogP contribution in [0.25, 0.3) is 33.4 Å². The number of hydrogen-bond donors (Lipinski definition) is 6. The Kier molecular flexibility index (Phi) is 15.2. The van der Waals surface area contributed by atoms with E-state index in [1.807, 2.05) is 61.5 Å². The van der Waals surface area contributed by atoms with Gasteiger partial charge in [0.1, 0.15) is 31.0 Å². The Morgan fingerprint density at radius 2 is 1.58 bits per heavy atom. The van der Waals surface area contributed by atoms with Gasteiger partial charge in [-0.25, -0.2) is 19.4 Å². The largest absolute Gasteiger partial charge is 0.476 e. The number of carbonyl (C=O) groups excluding carboxylic acids is 6. The molecule has 400 valence electrons. The average Bonchev–Trinajstić information content (AvgIpc) is 4.10. The molecule has 6 amide bonds. The minimum absolute atomic E-state index is 0.0249. The molecule has 2 aromatic heterocycles. The van der Waals surface area contributed by atoms with E-state index in [0.717, 1.165) is 38.8 Å². The number of rotatable bonds is 18. The highest BCUT2D eigenvalue weighted by molar-refractivity contribution is 5.98. The number of aliphatic hydroxyl groups is 1. The number of primary amides is 1. The molecule has 2 aliphatic heterocycles. The molecule has 9 rings (SSSR count). The van der Waals surface area contributed by atoms with Crippen LogP contribution in [0.3, 0.4) is 0 Å². The fraction of sp³-hybridized carbons (Fsp3) is 0.345. The maximum Gasteiger partial charge on any atom is 0.407 e. The summed E-state index contributed by atoms with van der Waals surface area (Å²) >= 11 is 0. The number of nitrogens with zero attached hydrogens (tertiary/aromatic N) is 3. The maximum absolute atomic E-state index is 14.0. The fourth-order valence-electron chi connectivity index (χ4n) is 10.6. The van der Waals surface area contributed by atoms with Crippen molar-refractivity contribution in [2.45, 2.75) is 96.2 Å². The topological polar surface area (TPSA) is 263 Å². The molecule has 0 bridgehead atoms. The van der Waals surface area contributed by atoms with Gasteiger partial charge in [-0.15, -0.1) is 0 Å². The molecule has 4 heterocycles. The first kappa shape index (κ1) is 53.3. The average molecular weight is 1050 g/mol. The number of ether oxygens (including phenoxy) is 3. The Bertz CT molecular complexity index is 3350. The molecule has 19 heteroatoms. The van der Waals surface area contributed by atoms with Gasteiger partial charge in [0.05, 0.1) is 29.0 Å². The number of cyclic esters (lactones) is 1. The molecule has 7 N–H and O–H groups in total. The number of benzene rings is 4. The molecule has 19 nitrogen and oxygen atoms in total. The van der Waals surface area contributed by atoms with E-state index in [0.29, 0.717) is 40.3 Å². The number of pyridine rings is 2. The van der Waals surface area contributed by atoms with Gasteiger partial charge in [-0.1, -0.05) is 88.4 Å². The number of alkyl carbamates (subject to hydrolysis) is 1. The predicted octanol–water partition coefficient (Wildman–Crippen LogP) is 6.29. The number of amides is 6. The molecule has 0 saturated heterocycles. The van der Waals surface area contributed by atoms with Gasteiger partial charge in [-0.3, -0.25) is 19.2 Å². The van der Waals surface area contributed by atoms with Crippen molar-refractivity contribution in [1.82, 2.24) is 30.4 Å². The molecule has 0 saturated carbocycles.